The van der Waals surface area contributed by atoms with Crippen LogP contribution in [0.2, 0.25) is 0 Å². The lowest BCUT2D eigenvalue weighted by Crippen LogP contribution is -2.40. The van der Waals surface area contributed by atoms with Gasteiger partial charge in [0.2, 0.25) is 10.0 Å². The van der Waals surface area contributed by atoms with Crippen LogP contribution < -0.4 is 4.90 Å². The molecule has 27 heavy (non-hydrogen) atoms. The Kier molecular flexibility index (Phi) is 4.71. The van der Waals surface area contributed by atoms with E-state index in [-0.39, 0.29) is 10.8 Å². The zero-order chi connectivity index (χ0) is 19.0. The van der Waals surface area contributed by atoms with Crippen molar-refractivity contribution in [2.45, 2.75) is 18.2 Å². The monoisotopic (exact) mass is 387 g/mol. The zero-order valence-electron chi connectivity index (χ0n) is 15.1. The molecular formula is C19H21N3O4S. The Morgan fingerprint density at radius 3 is 2.63 bits per heavy atom. The van der Waals surface area contributed by atoms with Gasteiger partial charge in [0.05, 0.1) is 18.1 Å². The normalized spacial score (nSPS) is 17.7. The van der Waals surface area contributed by atoms with Crippen molar-refractivity contribution in [2.75, 3.05) is 37.7 Å². The van der Waals surface area contributed by atoms with E-state index in [0.717, 1.165) is 16.9 Å². The van der Waals surface area contributed by atoms with Gasteiger partial charge in [0.1, 0.15) is 5.69 Å². The van der Waals surface area contributed by atoms with Gasteiger partial charge in [-0.15, -0.1) is 0 Å². The third-order valence-electron chi connectivity index (χ3n) is 4.91. The maximum absolute atomic E-state index is 12.8. The maximum Gasteiger partial charge on any atom is 0.276 e. The van der Waals surface area contributed by atoms with E-state index >= 15 is 0 Å². The SMILES string of the molecule is Cc1cccc(C(=O)N2CCc3cc(S(=O)(=O)N4CCOCC4)ccc32)n1. The molecule has 1 aromatic carbocycles. The van der Waals surface area contributed by atoms with Crippen LogP contribution in [0.25, 0.3) is 0 Å². The minimum Gasteiger partial charge on any atom is -0.379 e. The number of morpholine rings is 1. The first kappa shape index (κ1) is 18.1. The topological polar surface area (TPSA) is 79.8 Å². The van der Waals surface area contributed by atoms with Crippen LogP contribution in [-0.4, -0.2) is 56.5 Å². The van der Waals surface area contributed by atoms with Crippen LogP contribution in [0.3, 0.4) is 0 Å². The standard InChI is InChI=1S/C19H21N3O4S/c1-14-3-2-4-17(20-14)19(23)22-8-7-15-13-16(5-6-18(15)22)27(24,25)21-9-11-26-12-10-21/h2-6,13H,7-12H2,1H3. The highest BCUT2D eigenvalue weighted by Gasteiger charge is 2.30. The van der Waals surface area contributed by atoms with Crippen molar-refractivity contribution < 1.29 is 17.9 Å². The minimum absolute atomic E-state index is 0.166. The van der Waals surface area contributed by atoms with E-state index in [1.54, 1.807) is 29.2 Å². The second kappa shape index (κ2) is 7.03. The second-order valence-electron chi connectivity index (χ2n) is 6.68. The van der Waals surface area contributed by atoms with E-state index in [4.69, 9.17) is 4.74 Å². The quantitative estimate of drug-likeness (QED) is 0.800. The molecule has 2 aliphatic rings. The average Bonchev–Trinajstić information content (AvgIpc) is 3.11. The van der Waals surface area contributed by atoms with E-state index in [9.17, 15) is 13.2 Å². The Balaban J connectivity index is 1.62. The molecule has 1 amide bonds. The van der Waals surface area contributed by atoms with Crippen LogP contribution in [0.15, 0.2) is 41.3 Å². The summed E-state index contributed by atoms with van der Waals surface area (Å²) >= 11 is 0. The maximum atomic E-state index is 12.8. The van der Waals surface area contributed by atoms with E-state index in [1.807, 2.05) is 19.1 Å². The van der Waals surface area contributed by atoms with Gasteiger partial charge >= 0.3 is 0 Å². The third kappa shape index (κ3) is 3.36. The predicted molar refractivity (Wildman–Crippen MR) is 100 cm³/mol. The summed E-state index contributed by atoms with van der Waals surface area (Å²) in [5.41, 5.74) is 2.80. The van der Waals surface area contributed by atoms with Gasteiger partial charge in [-0.3, -0.25) is 4.79 Å². The van der Waals surface area contributed by atoms with Crippen LogP contribution in [0.1, 0.15) is 21.7 Å². The molecule has 2 aromatic rings. The first-order valence-corrected chi connectivity index (χ1v) is 10.4. The van der Waals surface area contributed by atoms with Crippen LogP contribution in [0, 0.1) is 6.92 Å². The van der Waals surface area contributed by atoms with Gasteiger partial charge in [0, 0.05) is 31.0 Å². The summed E-state index contributed by atoms with van der Waals surface area (Å²) in [5, 5.41) is 0. The van der Waals surface area contributed by atoms with E-state index in [2.05, 4.69) is 4.98 Å². The number of carbonyl (C=O) groups is 1. The number of hydrogen-bond acceptors (Lipinski definition) is 5. The van der Waals surface area contributed by atoms with E-state index in [0.29, 0.717) is 45.0 Å². The van der Waals surface area contributed by atoms with Crippen LogP contribution in [0.5, 0.6) is 0 Å². The molecule has 1 fully saturated rings. The summed E-state index contributed by atoms with van der Waals surface area (Å²) in [4.78, 5) is 19.1. The number of anilines is 1. The molecule has 7 nitrogen and oxygen atoms in total. The fraction of sp³-hybridized carbons (Fsp3) is 0.368. The molecule has 8 heteroatoms. The van der Waals surface area contributed by atoms with Crippen molar-refractivity contribution in [2.24, 2.45) is 0 Å². The van der Waals surface area contributed by atoms with Crippen LogP contribution in [0.4, 0.5) is 5.69 Å². The van der Waals surface area contributed by atoms with E-state index in [1.165, 1.54) is 4.31 Å². The second-order valence-corrected chi connectivity index (χ2v) is 8.62. The summed E-state index contributed by atoms with van der Waals surface area (Å²) in [6, 6.07) is 10.4. The Morgan fingerprint density at radius 2 is 1.89 bits per heavy atom. The predicted octanol–water partition coefficient (Wildman–Crippen LogP) is 1.61. The molecular weight excluding hydrogens is 366 g/mol. The smallest absolute Gasteiger partial charge is 0.276 e. The fourth-order valence-corrected chi connectivity index (χ4v) is 4.95. The van der Waals surface area contributed by atoms with E-state index < -0.39 is 10.0 Å². The molecule has 2 aliphatic heterocycles. The summed E-state index contributed by atoms with van der Waals surface area (Å²) in [6.45, 7) is 3.92. The van der Waals surface area contributed by atoms with Gasteiger partial charge in [-0.25, -0.2) is 13.4 Å². The molecule has 3 heterocycles. The molecule has 4 rings (SSSR count). The van der Waals surface area contributed by atoms with Gasteiger partial charge in [-0.1, -0.05) is 6.07 Å². The summed E-state index contributed by atoms with van der Waals surface area (Å²) in [6.07, 6.45) is 0.624. The lowest BCUT2D eigenvalue weighted by Gasteiger charge is -2.26. The molecule has 0 radical (unpaired) electrons. The molecule has 0 saturated carbocycles. The van der Waals surface area contributed by atoms with Crippen molar-refractivity contribution in [3.8, 4) is 0 Å². The Morgan fingerprint density at radius 1 is 1.11 bits per heavy atom. The number of benzene rings is 1. The number of fused-ring (bicyclic) bond motifs is 1. The van der Waals surface area contributed by atoms with Crippen molar-refractivity contribution in [1.82, 2.24) is 9.29 Å². The molecule has 142 valence electrons. The highest BCUT2D eigenvalue weighted by molar-refractivity contribution is 7.89. The number of ether oxygens (including phenoxy) is 1. The van der Waals surface area contributed by atoms with Gasteiger partial charge in [-0.2, -0.15) is 4.31 Å². The average molecular weight is 387 g/mol. The summed E-state index contributed by atoms with van der Waals surface area (Å²) < 4.78 is 32.4. The first-order chi connectivity index (χ1) is 13.0. The molecule has 0 spiro atoms. The number of hydrogen-bond donors (Lipinski definition) is 0. The summed E-state index contributed by atoms with van der Waals surface area (Å²) in [7, 11) is -3.54. The zero-order valence-corrected chi connectivity index (χ0v) is 15.9. The van der Waals surface area contributed by atoms with Gasteiger partial charge in [0.25, 0.3) is 5.91 Å². The lowest BCUT2D eigenvalue weighted by molar-refractivity contribution is 0.0730. The number of rotatable bonds is 3. The van der Waals surface area contributed by atoms with Crippen LogP contribution in [-0.2, 0) is 21.2 Å². The number of aromatic nitrogens is 1. The molecule has 1 aromatic heterocycles. The van der Waals surface area contributed by atoms with Gasteiger partial charge in [0.15, 0.2) is 0 Å². The van der Waals surface area contributed by atoms with Gasteiger partial charge < -0.3 is 9.64 Å². The van der Waals surface area contributed by atoms with Crippen LogP contribution >= 0.6 is 0 Å². The summed E-state index contributed by atoms with van der Waals surface area (Å²) in [5.74, 6) is -0.166. The van der Waals surface area contributed by atoms with Crippen molar-refractivity contribution in [3.63, 3.8) is 0 Å². The highest BCUT2D eigenvalue weighted by atomic mass is 32.2. The minimum atomic E-state index is -3.54. The lowest BCUT2D eigenvalue weighted by atomic mass is 10.2. The molecule has 1 saturated heterocycles. The number of amides is 1. The fourth-order valence-electron chi connectivity index (χ4n) is 3.49. The molecule has 0 unspecified atom stereocenters. The Hall–Kier alpha value is -2.29. The van der Waals surface area contributed by atoms with Crippen molar-refractivity contribution >= 4 is 21.6 Å². The Bertz CT molecular complexity index is 984. The Labute approximate surface area is 158 Å². The van der Waals surface area contributed by atoms with Gasteiger partial charge in [-0.05, 0) is 49.2 Å². The largest absolute Gasteiger partial charge is 0.379 e. The number of carbonyl (C=O) groups excluding carboxylic acids is 1. The third-order valence-corrected chi connectivity index (χ3v) is 6.80. The molecule has 0 N–H and O–H groups in total. The molecule has 0 bridgehead atoms. The first-order valence-electron chi connectivity index (χ1n) is 8.93. The molecule has 0 aliphatic carbocycles. The number of aryl methyl sites for hydroxylation is 1. The number of pyridine rings is 1. The number of nitrogens with zero attached hydrogens (tertiary/aromatic N) is 3. The number of sulfonamides is 1. The highest BCUT2D eigenvalue weighted by Crippen LogP contribution is 2.32. The van der Waals surface area contributed by atoms with Crippen molar-refractivity contribution in [3.05, 3.63) is 53.3 Å². The van der Waals surface area contributed by atoms with Crippen molar-refractivity contribution in [1.29, 1.82) is 0 Å². The molecule has 0 atom stereocenters.